The maximum Gasteiger partial charge on any atom is 0.0568 e. The molecule has 0 saturated carbocycles. The summed E-state index contributed by atoms with van der Waals surface area (Å²) < 4.78 is 5.89. The van der Waals surface area contributed by atoms with Crippen LogP contribution in [-0.4, -0.2) is 67.3 Å². The first kappa shape index (κ1) is 14.3. The molecule has 0 amide bonds. The molecule has 0 spiro atoms. The zero-order valence-electron chi connectivity index (χ0n) is 12.2. The number of hydrogen-bond acceptors (Lipinski definition) is 4. The second kappa shape index (κ2) is 5.87. The molecule has 0 aromatic heterocycles. The molecule has 0 aromatic carbocycles. The van der Waals surface area contributed by atoms with Crippen LogP contribution in [0.5, 0.6) is 0 Å². The van der Waals surface area contributed by atoms with Crippen molar-refractivity contribution in [3.05, 3.63) is 0 Å². The summed E-state index contributed by atoms with van der Waals surface area (Å²) in [5.74, 6) is 0. The van der Waals surface area contributed by atoms with E-state index >= 15 is 0 Å². The molecule has 2 N–H and O–H groups in total. The highest BCUT2D eigenvalue weighted by molar-refractivity contribution is 4.98. The summed E-state index contributed by atoms with van der Waals surface area (Å²) >= 11 is 0. The zero-order chi connectivity index (χ0) is 13.2. The van der Waals surface area contributed by atoms with E-state index in [9.17, 15) is 0 Å². The van der Waals surface area contributed by atoms with Crippen molar-refractivity contribution in [3.8, 4) is 0 Å². The fraction of sp³-hybridized carbons (Fsp3) is 1.00. The summed E-state index contributed by atoms with van der Waals surface area (Å²) in [5.41, 5.74) is 6.34. The van der Waals surface area contributed by atoms with Gasteiger partial charge in [0.25, 0.3) is 0 Å². The van der Waals surface area contributed by atoms with Crippen molar-refractivity contribution in [1.82, 2.24) is 9.80 Å². The van der Waals surface area contributed by atoms with Crippen molar-refractivity contribution in [2.24, 2.45) is 5.73 Å². The number of rotatable bonds is 2. The van der Waals surface area contributed by atoms with E-state index in [2.05, 4.69) is 30.7 Å². The molecule has 4 nitrogen and oxygen atoms in total. The lowest BCUT2D eigenvalue weighted by Gasteiger charge is -2.49. The first-order chi connectivity index (χ1) is 8.55. The van der Waals surface area contributed by atoms with E-state index in [1.165, 1.54) is 19.5 Å². The monoisotopic (exact) mass is 255 g/mol. The van der Waals surface area contributed by atoms with Crippen LogP contribution in [0.2, 0.25) is 0 Å². The average Bonchev–Trinajstić information content (AvgIpc) is 2.53. The number of hydrogen-bond donors (Lipinski definition) is 1. The largest absolute Gasteiger partial charge is 0.375 e. The summed E-state index contributed by atoms with van der Waals surface area (Å²) in [7, 11) is 2.22. The van der Waals surface area contributed by atoms with E-state index in [1.54, 1.807) is 0 Å². The minimum atomic E-state index is 0.169. The second-order valence-electron chi connectivity index (χ2n) is 6.24. The third-order valence-corrected chi connectivity index (χ3v) is 4.57. The standard InChI is InChI=1S/C14H29N3O/c1-12-9-14(11-15,10-13(2)18-12)17-6-4-5-16(3)7-8-17/h12-13H,4-11,15H2,1-3H3. The molecule has 2 saturated heterocycles. The molecule has 2 aliphatic heterocycles. The third kappa shape index (κ3) is 3.05. The smallest absolute Gasteiger partial charge is 0.0568 e. The van der Waals surface area contributed by atoms with Crippen LogP contribution in [0.4, 0.5) is 0 Å². The van der Waals surface area contributed by atoms with Crippen molar-refractivity contribution in [2.75, 3.05) is 39.8 Å². The van der Waals surface area contributed by atoms with Crippen molar-refractivity contribution >= 4 is 0 Å². The molecule has 2 heterocycles. The minimum absolute atomic E-state index is 0.169. The van der Waals surface area contributed by atoms with Gasteiger partial charge in [0.1, 0.15) is 0 Å². The van der Waals surface area contributed by atoms with Crippen LogP contribution in [0.3, 0.4) is 0 Å². The molecular formula is C14H29N3O. The molecule has 2 aliphatic rings. The molecule has 4 heteroatoms. The summed E-state index contributed by atoms with van der Waals surface area (Å²) in [5, 5.41) is 0. The highest BCUT2D eigenvalue weighted by Gasteiger charge is 2.42. The van der Waals surface area contributed by atoms with Crippen molar-refractivity contribution in [1.29, 1.82) is 0 Å². The van der Waals surface area contributed by atoms with E-state index < -0.39 is 0 Å². The van der Waals surface area contributed by atoms with Gasteiger partial charge in [-0.05, 0) is 46.7 Å². The van der Waals surface area contributed by atoms with Gasteiger partial charge in [-0.1, -0.05) is 0 Å². The van der Waals surface area contributed by atoms with Crippen LogP contribution >= 0.6 is 0 Å². The Hall–Kier alpha value is -0.160. The van der Waals surface area contributed by atoms with Gasteiger partial charge >= 0.3 is 0 Å². The van der Waals surface area contributed by atoms with Gasteiger partial charge < -0.3 is 15.4 Å². The van der Waals surface area contributed by atoms with Gasteiger partial charge in [-0.25, -0.2) is 0 Å². The Kier molecular flexibility index (Phi) is 4.64. The predicted octanol–water partition coefficient (Wildman–Crippen LogP) is 0.909. The maximum absolute atomic E-state index is 6.17. The highest BCUT2D eigenvalue weighted by Crippen LogP contribution is 2.34. The molecule has 0 radical (unpaired) electrons. The Morgan fingerprint density at radius 2 is 1.78 bits per heavy atom. The Balaban J connectivity index is 2.10. The average molecular weight is 255 g/mol. The lowest BCUT2D eigenvalue weighted by Crippen LogP contribution is -2.60. The quantitative estimate of drug-likeness (QED) is 0.796. The SMILES string of the molecule is CC1CC(CN)(N2CCCN(C)CC2)CC(C)O1. The van der Waals surface area contributed by atoms with Gasteiger partial charge in [-0.15, -0.1) is 0 Å². The van der Waals surface area contributed by atoms with E-state index in [1.807, 2.05) is 0 Å². The molecule has 0 aromatic rings. The first-order valence-corrected chi connectivity index (χ1v) is 7.35. The third-order valence-electron chi connectivity index (χ3n) is 4.57. The molecule has 2 atom stereocenters. The van der Waals surface area contributed by atoms with Gasteiger partial charge in [0.15, 0.2) is 0 Å². The number of ether oxygens (including phenoxy) is 1. The van der Waals surface area contributed by atoms with Gasteiger partial charge in [-0.2, -0.15) is 0 Å². The fourth-order valence-electron chi connectivity index (χ4n) is 3.72. The van der Waals surface area contributed by atoms with E-state index in [0.717, 1.165) is 32.5 Å². The molecule has 0 bridgehead atoms. The second-order valence-corrected chi connectivity index (χ2v) is 6.24. The maximum atomic E-state index is 6.17. The van der Waals surface area contributed by atoms with E-state index in [0.29, 0.717) is 12.2 Å². The van der Waals surface area contributed by atoms with Gasteiger partial charge in [0.2, 0.25) is 0 Å². The van der Waals surface area contributed by atoms with E-state index in [-0.39, 0.29) is 5.54 Å². The Bertz CT molecular complexity index is 262. The van der Waals surface area contributed by atoms with Gasteiger partial charge in [0.05, 0.1) is 12.2 Å². The van der Waals surface area contributed by atoms with E-state index in [4.69, 9.17) is 10.5 Å². The molecular weight excluding hydrogens is 226 g/mol. The van der Waals surface area contributed by atoms with Crippen LogP contribution in [0.1, 0.15) is 33.1 Å². The zero-order valence-corrected chi connectivity index (χ0v) is 12.2. The minimum Gasteiger partial charge on any atom is -0.375 e. The number of likely N-dealkylation sites (N-methyl/N-ethyl adjacent to an activating group) is 1. The van der Waals surface area contributed by atoms with Crippen molar-refractivity contribution in [3.63, 3.8) is 0 Å². The van der Waals surface area contributed by atoms with Crippen LogP contribution in [0.25, 0.3) is 0 Å². The molecule has 2 unspecified atom stereocenters. The molecule has 18 heavy (non-hydrogen) atoms. The number of nitrogens with two attached hydrogens (primary N) is 1. The van der Waals surface area contributed by atoms with Crippen LogP contribution in [0, 0.1) is 0 Å². The number of nitrogens with zero attached hydrogens (tertiary/aromatic N) is 2. The van der Waals surface area contributed by atoms with Gasteiger partial charge in [-0.3, -0.25) is 4.90 Å². The molecule has 2 fully saturated rings. The summed E-state index contributed by atoms with van der Waals surface area (Å²) in [6.07, 6.45) is 4.08. The van der Waals surface area contributed by atoms with Crippen molar-refractivity contribution in [2.45, 2.75) is 50.9 Å². The van der Waals surface area contributed by atoms with Crippen molar-refractivity contribution < 1.29 is 4.74 Å². The summed E-state index contributed by atoms with van der Waals surface area (Å²) in [4.78, 5) is 5.07. The molecule has 2 rings (SSSR count). The predicted molar refractivity (Wildman–Crippen MR) is 74.7 cm³/mol. The Morgan fingerprint density at radius 3 is 2.39 bits per heavy atom. The van der Waals surface area contributed by atoms with Gasteiger partial charge in [0, 0.05) is 31.7 Å². The fourth-order valence-corrected chi connectivity index (χ4v) is 3.72. The lowest BCUT2D eigenvalue weighted by molar-refractivity contribution is -0.102. The topological polar surface area (TPSA) is 41.7 Å². The Labute approximate surface area is 111 Å². The van der Waals surface area contributed by atoms with Crippen LogP contribution in [-0.2, 0) is 4.74 Å². The molecule has 0 aliphatic carbocycles. The normalized spacial score (nSPS) is 40.7. The highest BCUT2D eigenvalue weighted by atomic mass is 16.5. The molecule has 106 valence electrons. The first-order valence-electron chi connectivity index (χ1n) is 7.35. The van der Waals surface area contributed by atoms with Crippen LogP contribution in [0.15, 0.2) is 0 Å². The summed E-state index contributed by atoms with van der Waals surface area (Å²) in [6.45, 7) is 9.82. The lowest BCUT2D eigenvalue weighted by atomic mass is 9.82. The van der Waals surface area contributed by atoms with Crippen LogP contribution < -0.4 is 5.73 Å². The summed E-state index contributed by atoms with van der Waals surface area (Å²) in [6, 6.07) is 0. The Morgan fingerprint density at radius 1 is 1.11 bits per heavy atom.